The number of phenols is 1. The van der Waals surface area contributed by atoms with Gasteiger partial charge in [-0.1, -0.05) is 0 Å². The van der Waals surface area contributed by atoms with Gasteiger partial charge in [0.2, 0.25) is 0 Å². The van der Waals surface area contributed by atoms with Crippen molar-refractivity contribution in [3.05, 3.63) is 42.1 Å². The van der Waals surface area contributed by atoms with E-state index in [0.29, 0.717) is 22.8 Å². The summed E-state index contributed by atoms with van der Waals surface area (Å²) in [6, 6.07) is 7.63. The Morgan fingerprint density at radius 2 is 2.16 bits per heavy atom. The highest BCUT2D eigenvalue weighted by atomic mass is 16.5. The molecule has 0 atom stereocenters. The Morgan fingerprint density at radius 3 is 2.74 bits per heavy atom. The molecule has 19 heavy (non-hydrogen) atoms. The number of benzene rings is 1. The van der Waals surface area contributed by atoms with Gasteiger partial charge >= 0.3 is 0 Å². The van der Waals surface area contributed by atoms with Gasteiger partial charge in [0.05, 0.1) is 19.0 Å². The zero-order valence-electron chi connectivity index (χ0n) is 10.3. The SMILES string of the molecule is COc1ccc(C(=O)Nc2ccc(N)nc2)cc1O. The number of nitrogen functional groups attached to an aromatic ring is 1. The molecular formula is C13H13N3O3. The van der Waals surface area contributed by atoms with Crippen molar-refractivity contribution in [3.63, 3.8) is 0 Å². The molecule has 0 spiro atoms. The summed E-state index contributed by atoms with van der Waals surface area (Å²) in [6.45, 7) is 0. The van der Waals surface area contributed by atoms with Crippen LogP contribution in [0, 0.1) is 0 Å². The van der Waals surface area contributed by atoms with Gasteiger partial charge < -0.3 is 20.9 Å². The second kappa shape index (κ2) is 5.26. The van der Waals surface area contributed by atoms with Gasteiger partial charge in [0.25, 0.3) is 5.91 Å². The quantitative estimate of drug-likeness (QED) is 0.778. The van der Waals surface area contributed by atoms with Crippen LogP contribution in [0.1, 0.15) is 10.4 Å². The number of nitrogens with one attached hydrogen (secondary N) is 1. The Morgan fingerprint density at radius 1 is 1.37 bits per heavy atom. The maximum Gasteiger partial charge on any atom is 0.255 e. The minimum atomic E-state index is -0.357. The lowest BCUT2D eigenvalue weighted by atomic mass is 10.2. The van der Waals surface area contributed by atoms with E-state index in [1.54, 1.807) is 18.2 Å². The summed E-state index contributed by atoms with van der Waals surface area (Å²) < 4.78 is 4.91. The van der Waals surface area contributed by atoms with Crippen LogP contribution in [0.4, 0.5) is 11.5 Å². The summed E-state index contributed by atoms with van der Waals surface area (Å²) in [4.78, 5) is 15.8. The third-order valence-corrected chi connectivity index (χ3v) is 2.49. The van der Waals surface area contributed by atoms with Gasteiger partial charge in [-0.3, -0.25) is 4.79 Å². The maximum atomic E-state index is 11.9. The van der Waals surface area contributed by atoms with Crippen molar-refractivity contribution in [2.45, 2.75) is 0 Å². The second-order valence-electron chi connectivity index (χ2n) is 3.81. The first-order valence-corrected chi connectivity index (χ1v) is 5.50. The number of pyridine rings is 1. The molecular weight excluding hydrogens is 246 g/mol. The van der Waals surface area contributed by atoms with Gasteiger partial charge in [0, 0.05) is 5.56 Å². The van der Waals surface area contributed by atoms with Crippen LogP contribution < -0.4 is 15.8 Å². The van der Waals surface area contributed by atoms with Crippen molar-refractivity contribution < 1.29 is 14.6 Å². The molecule has 1 aromatic carbocycles. The summed E-state index contributed by atoms with van der Waals surface area (Å²) >= 11 is 0. The number of phenolic OH excluding ortho intramolecular Hbond substituents is 1. The van der Waals surface area contributed by atoms with Crippen LogP contribution in [0.5, 0.6) is 11.5 Å². The van der Waals surface area contributed by atoms with E-state index in [4.69, 9.17) is 10.5 Å². The molecule has 2 aromatic rings. The monoisotopic (exact) mass is 259 g/mol. The molecule has 6 heteroatoms. The van der Waals surface area contributed by atoms with Crippen molar-refractivity contribution in [2.24, 2.45) is 0 Å². The van der Waals surface area contributed by atoms with Crippen LogP contribution in [-0.4, -0.2) is 23.1 Å². The molecule has 98 valence electrons. The smallest absolute Gasteiger partial charge is 0.255 e. The molecule has 0 unspecified atom stereocenters. The van der Waals surface area contributed by atoms with Crippen LogP contribution in [0.15, 0.2) is 36.5 Å². The van der Waals surface area contributed by atoms with Crippen LogP contribution in [0.25, 0.3) is 0 Å². The number of hydrogen-bond acceptors (Lipinski definition) is 5. The van der Waals surface area contributed by atoms with Crippen molar-refractivity contribution in [2.75, 3.05) is 18.2 Å². The average molecular weight is 259 g/mol. The van der Waals surface area contributed by atoms with Crippen molar-refractivity contribution in [1.29, 1.82) is 0 Å². The van der Waals surface area contributed by atoms with Crippen LogP contribution in [-0.2, 0) is 0 Å². The molecule has 0 bridgehead atoms. The molecule has 0 saturated heterocycles. The van der Waals surface area contributed by atoms with Crippen molar-refractivity contribution in [3.8, 4) is 11.5 Å². The predicted octanol–water partition coefficient (Wildman–Crippen LogP) is 1.63. The number of carbonyl (C=O) groups excluding carboxylic acids is 1. The average Bonchev–Trinajstić information content (AvgIpc) is 2.41. The lowest BCUT2D eigenvalue weighted by Crippen LogP contribution is -2.12. The van der Waals surface area contributed by atoms with Gasteiger partial charge in [-0.2, -0.15) is 0 Å². The molecule has 0 fully saturated rings. The first-order valence-electron chi connectivity index (χ1n) is 5.50. The van der Waals surface area contributed by atoms with E-state index < -0.39 is 0 Å². The van der Waals surface area contributed by atoms with E-state index >= 15 is 0 Å². The highest BCUT2D eigenvalue weighted by Gasteiger charge is 2.09. The van der Waals surface area contributed by atoms with E-state index in [1.807, 2.05) is 0 Å². The van der Waals surface area contributed by atoms with Gasteiger partial charge in [-0.25, -0.2) is 4.98 Å². The number of ether oxygens (including phenoxy) is 1. The molecule has 1 aromatic heterocycles. The highest BCUT2D eigenvalue weighted by Crippen LogP contribution is 2.26. The van der Waals surface area contributed by atoms with Crippen molar-refractivity contribution >= 4 is 17.4 Å². The summed E-state index contributed by atoms with van der Waals surface area (Å²) in [6.07, 6.45) is 1.45. The first-order chi connectivity index (χ1) is 9.10. The Bertz CT molecular complexity index is 597. The highest BCUT2D eigenvalue weighted by molar-refractivity contribution is 6.04. The number of methoxy groups -OCH3 is 1. The third-order valence-electron chi connectivity index (χ3n) is 2.49. The van der Waals surface area contributed by atoms with E-state index in [2.05, 4.69) is 10.3 Å². The lowest BCUT2D eigenvalue weighted by molar-refractivity contribution is 0.102. The fourth-order valence-electron chi connectivity index (χ4n) is 1.51. The molecule has 2 rings (SSSR count). The standard InChI is InChI=1S/C13H13N3O3/c1-19-11-4-2-8(6-10(11)17)13(18)16-9-3-5-12(14)15-7-9/h2-7,17H,1H3,(H2,14,15)(H,16,18). The number of amides is 1. The molecule has 0 aliphatic rings. The minimum Gasteiger partial charge on any atom is -0.504 e. The summed E-state index contributed by atoms with van der Waals surface area (Å²) in [5.41, 5.74) is 6.29. The molecule has 0 radical (unpaired) electrons. The first kappa shape index (κ1) is 12.7. The van der Waals surface area contributed by atoms with E-state index in [9.17, 15) is 9.90 Å². The number of nitrogens with two attached hydrogens (primary N) is 1. The molecule has 0 aliphatic heterocycles. The van der Waals surface area contributed by atoms with Gasteiger partial charge in [0.15, 0.2) is 11.5 Å². The molecule has 0 aliphatic carbocycles. The normalized spacial score (nSPS) is 9.95. The number of rotatable bonds is 3. The second-order valence-corrected chi connectivity index (χ2v) is 3.81. The van der Waals surface area contributed by atoms with Crippen LogP contribution in [0.2, 0.25) is 0 Å². The Labute approximate surface area is 109 Å². The number of hydrogen-bond donors (Lipinski definition) is 3. The largest absolute Gasteiger partial charge is 0.504 e. The zero-order chi connectivity index (χ0) is 13.8. The van der Waals surface area contributed by atoms with Gasteiger partial charge in [-0.15, -0.1) is 0 Å². The Balaban J connectivity index is 2.16. The topological polar surface area (TPSA) is 97.5 Å². The lowest BCUT2D eigenvalue weighted by Gasteiger charge is -2.07. The summed E-state index contributed by atoms with van der Waals surface area (Å²) in [5, 5.41) is 12.3. The van der Waals surface area contributed by atoms with Crippen LogP contribution >= 0.6 is 0 Å². The minimum absolute atomic E-state index is 0.0921. The van der Waals surface area contributed by atoms with Gasteiger partial charge in [-0.05, 0) is 30.3 Å². The fourth-order valence-corrected chi connectivity index (χ4v) is 1.51. The number of aromatic hydroxyl groups is 1. The van der Waals surface area contributed by atoms with E-state index in [0.717, 1.165) is 0 Å². The Kier molecular flexibility index (Phi) is 3.51. The molecule has 4 N–H and O–H groups in total. The van der Waals surface area contributed by atoms with Gasteiger partial charge in [0.1, 0.15) is 5.82 Å². The van der Waals surface area contributed by atoms with E-state index in [-0.39, 0.29) is 11.7 Å². The molecule has 0 saturated carbocycles. The molecule has 6 nitrogen and oxygen atoms in total. The summed E-state index contributed by atoms with van der Waals surface area (Å²) in [7, 11) is 1.44. The molecule has 1 amide bonds. The summed E-state index contributed by atoms with van der Waals surface area (Å²) in [5.74, 6) is 0.237. The number of nitrogens with zero attached hydrogens (tertiary/aromatic N) is 1. The zero-order valence-corrected chi connectivity index (χ0v) is 10.3. The maximum absolute atomic E-state index is 11.9. The predicted molar refractivity (Wildman–Crippen MR) is 71.3 cm³/mol. The number of carbonyl (C=O) groups is 1. The molecule has 1 heterocycles. The van der Waals surface area contributed by atoms with E-state index in [1.165, 1.54) is 25.4 Å². The Hall–Kier alpha value is -2.76. The van der Waals surface area contributed by atoms with Crippen molar-refractivity contribution in [1.82, 2.24) is 4.98 Å². The number of aromatic nitrogens is 1. The number of anilines is 2. The van der Waals surface area contributed by atoms with Crippen LogP contribution in [0.3, 0.4) is 0 Å². The fraction of sp³-hybridized carbons (Fsp3) is 0.0769. The third kappa shape index (κ3) is 2.92.